The van der Waals surface area contributed by atoms with Gasteiger partial charge in [-0.05, 0) is 0 Å². The largest absolute Gasteiger partial charge is 0.391 e. The van der Waals surface area contributed by atoms with Crippen LogP contribution in [0.4, 0.5) is 11.5 Å². The Morgan fingerprint density at radius 1 is 1.59 bits per heavy atom. The van der Waals surface area contributed by atoms with E-state index in [1.807, 2.05) is 0 Å². The summed E-state index contributed by atoms with van der Waals surface area (Å²) in [5.74, 6) is 1.47. The molecule has 0 aliphatic heterocycles. The normalized spacial score (nSPS) is 10.4. The molecule has 0 aliphatic carbocycles. The molecular formula is C9H12N6O2. The van der Waals surface area contributed by atoms with Crippen LogP contribution >= 0.6 is 0 Å². The van der Waals surface area contributed by atoms with Gasteiger partial charge in [0.15, 0.2) is 11.6 Å². The lowest BCUT2D eigenvalue weighted by Crippen LogP contribution is -2.17. The van der Waals surface area contributed by atoms with Gasteiger partial charge in [0, 0.05) is 19.9 Å². The molecule has 0 aliphatic rings. The van der Waals surface area contributed by atoms with E-state index in [1.165, 1.54) is 6.33 Å². The number of rotatable bonds is 4. The van der Waals surface area contributed by atoms with Crippen molar-refractivity contribution in [2.24, 2.45) is 0 Å². The van der Waals surface area contributed by atoms with E-state index in [0.29, 0.717) is 30.5 Å². The number of nitrogen functional groups attached to an aromatic ring is 1. The van der Waals surface area contributed by atoms with Gasteiger partial charge < -0.3 is 20.6 Å². The topological polar surface area (TPSA) is 123 Å². The van der Waals surface area contributed by atoms with Crippen LogP contribution in [0.5, 0.6) is 0 Å². The summed E-state index contributed by atoms with van der Waals surface area (Å²) in [6, 6.07) is 0. The summed E-state index contributed by atoms with van der Waals surface area (Å²) in [5.41, 5.74) is 5.25. The van der Waals surface area contributed by atoms with Gasteiger partial charge in [-0.15, -0.1) is 0 Å². The fourth-order valence-electron chi connectivity index (χ4n) is 1.29. The van der Waals surface area contributed by atoms with Gasteiger partial charge in [-0.25, -0.2) is 4.98 Å². The summed E-state index contributed by atoms with van der Waals surface area (Å²) in [6.07, 6.45) is 1.85. The van der Waals surface area contributed by atoms with E-state index >= 15 is 0 Å². The van der Waals surface area contributed by atoms with Crippen LogP contribution < -0.4 is 16.6 Å². The van der Waals surface area contributed by atoms with Crippen LogP contribution in [0.3, 0.4) is 0 Å². The Kier molecular flexibility index (Phi) is 3.03. The van der Waals surface area contributed by atoms with Gasteiger partial charge in [-0.1, -0.05) is 5.16 Å². The standard InChI is InChI=1S/C9H12N6O2/c1-5-14-6(15-17-5)2-3-11-8-7(10)9(16)13-4-12-8/h4H,2-3,10H2,1H3,(H2,11,12,13,16). The Hall–Kier alpha value is -2.38. The molecule has 0 radical (unpaired) electrons. The Balaban J connectivity index is 1.94. The second-order valence-electron chi connectivity index (χ2n) is 3.40. The highest BCUT2D eigenvalue weighted by molar-refractivity contribution is 5.58. The summed E-state index contributed by atoms with van der Waals surface area (Å²) in [4.78, 5) is 21.5. The van der Waals surface area contributed by atoms with Crippen molar-refractivity contribution in [2.45, 2.75) is 13.3 Å². The van der Waals surface area contributed by atoms with Crippen LogP contribution in [0, 0.1) is 6.92 Å². The monoisotopic (exact) mass is 236 g/mol. The van der Waals surface area contributed by atoms with Crippen molar-refractivity contribution in [2.75, 3.05) is 17.6 Å². The third-order valence-corrected chi connectivity index (χ3v) is 2.10. The second kappa shape index (κ2) is 4.64. The molecule has 0 spiro atoms. The van der Waals surface area contributed by atoms with Gasteiger partial charge in [-0.2, -0.15) is 4.98 Å². The highest BCUT2D eigenvalue weighted by Crippen LogP contribution is 2.06. The lowest BCUT2D eigenvalue weighted by Gasteiger charge is -2.04. The number of nitrogens with zero attached hydrogens (tertiary/aromatic N) is 3. The number of nitrogens with two attached hydrogens (primary N) is 1. The Labute approximate surface area is 96.3 Å². The number of aromatic nitrogens is 4. The molecular weight excluding hydrogens is 224 g/mol. The van der Waals surface area contributed by atoms with Crippen molar-refractivity contribution in [3.63, 3.8) is 0 Å². The first-order chi connectivity index (χ1) is 8.16. The van der Waals surface area contributed by atoms with Crippen molar-refractivity contribution < 1.29 is 4.52 Å². The lowest BCUT2D eigenvalue weighted by atomic mass is 10.4. The van der Waals surface area contributed by atoms with Crippen LogP contribution in [-0.4, -0.2) is 26.7 Å². The molecule has 0 fully saturated rings. The van der Waals surface area contributed by atoms with Crippen LogP contribution in [0.1, 0.15) is 11.7 Å². The van der Waals surface area contributed by atoms with Crippen LogP contribution in [0.25, 0.3) is 0 Å². The summed E-state index contributed by atoms with van der Waals surface area (Å²) in [6.45, 7) is 2.24. The molecule has 2 aromatic heterocycles. The minimum Gasteiger partial charge on any atom is -0.391 e. The fourth-order valence-corrected chi connectivity index (χ4v) is 1.29. The van der Waals surface area contributed by atoms with Gasteiger partial charge in [0.25, 0.3) is 5.56 Å². The lowest BCUT2D eigenvalue weighted by molar-refractivity contribution is 0.387. The van der Waals surface area contributed by atoms with Crippen molar-refractivity contribution in [1.82, 2.24) is 20.1 Å². The number of hydrogen-bond donors (Lipinski definition) is 3. The third kappa shape index (κ3) is 2.60. The quantitative estimate of drug-likeness (QED) is 0.665. The van der Waals surface area contributed by atoms with Crippen molar-refractivity contribution in [1.29, 1.82) is 0 Å². The van der Waals surface area contributed by atoms with E-state index in [9.17, 15) is 4.79 Å². The van der Waals surface area contributed by atoms with E-state index in [1.54, 1.807) is 6.92 Å². The maximum Gasteiger partial charge on any atom is 0.276 e. The maximum atomic E-state index is 11.2. The molecule has 90 valence electrons. The third-order valence-electron chi connectivity index (χ3n) is 2.10. The van der Waals surface area contributed by atoms with Crippen LogP contribution in [-0.2, 0) is 6.42 Å². The first kappa shape index (κ1) is 11.1. The summed E-state index contributed by atoms with van der Waals surface area (Å²) < 4.78 is 4.83. The van der Waals surface area contributed by atoms with E-state index < -0.39 is 0 Å². The average Bonchev–Trinajstić information content (AvgIpc) is 2.70. The average molecular weight is 236 g/mol. The molecule has 0 amide bonds. The van der Waals surface area contributed by atoms with Crippen LogP contribution in [0.15, 0.2) is 15.6 Å². The molecule has 0 saturated carbocycles. The predicted molar refractivity (Wildman–Crippen MR) is 60.5 cm³/mol. The summed E-state index contributed by atoms with van der Waals surface area (Å²) in [7, 11) is 0. The molecule has 17 heavy (non-hydrogen) atoms. The van der Waals surface area contributed by atoms with Gasteiger partial charge in [0.1, 0.15) is 5.69 Å². The minimum atomic E-state index is -0.363. The van der Waals surface area contributed by atoms with Crippen molar-refractivity contribution >= 4 is 11.5 Å². The molecule has 8 nitrogen and oxygen atoms in total. The van der Waals surface area contributed by atoms with Gasteiger partial charge in [-0.3, -0.25) is 4.79 Å². The minimum absolute atomic E-state index is 0.0665. The Morgan fingerprint density at radius 3 is 3.12 bits per heavy atom. The Morgan fingerprint density at radius 2 is 2.41 bits per heavy atom. The highest BCUT2D eigenvalue weighted by Gasteiger charge is 2.05. The molecule has 2 aromatic rings. The number of hydrogen-bond acceptors (Lipinski definition) is 7. The molecule has 2 heterocycles. The molecule has 0 bridgehead atoms. The number of H-pyrrole nitrogens is 1. The van der Waals surface area contributed by atoms with Crippen molar-refractivity contribution in [3.05, 3.63) is 28.4 Å². The highest BCUT2D eigenvalue weighted by atomic mass is 16.5. The Bertz CT molecular complexity index is 561. The molecule has 0 unspecified atom stereocenters. The van der Waals surface area contributed by atoms with Crippen LogP contribution in [0.2, 0.25) is 0 Å². The summed E-state index contributed by atoms with van der Waals surface area (Å²) in [5, 5.41) is 6.67. The molecule has 0 atom stereocenters. The fraction of sp³-hybridized carbons (Fsp3) is 0.333. The molecule has 8 heteroatoms. The second-order valence-corrected chi connectivity index (χ2v) is 3.40. The van der Waals surface area contributed by atoms with E-state index in [2.05, 4.69) is 25.4 Å². The van der Waals surface area contributed by atoms with Gasteiger partial charge >= 0.3 is 0 Å². The molecule has 4 N–H and O–H groups in total. The zero-order chi connectivity index (χ0) is 12.3. The zero-order valence-corrected chi connectivity index (χ0v) is 9.23. The van der Waals surface area contributed by atoms with E-state index in [0.717, 1.165) is 0 Å². The maximum absolute atomic E-state index is 11.2. The van der Waals surface area contributed by atoms with E-state index in [-0.39, 0.29) is 11.2 Å². The predicted octanol–water partition coefficient (Wildman–Crippen LogP) is -0.302. The molecule has 2 rings (SSSR count). The number of nitrogens with one attached hydrogen (secondary N) is 2. The first-order valence-corrected chi connectivity index (χ1v) is 5.03. The SMILES string of the molecule is Cc1nc(CCNc2nc[nH]c(=O)c2N)no1. The van der Waals surface area contributed by atoms with E-state index in [4.69, 9.17) is 10.3 Å². The molecule has 0 aromatic carbocycles. The zero-order valence-electron chi connectivity index (χ0n) is 9.23. The van der Waals surface area contributed by atoms with Gasteiger partial charge in [0.05, 0.1) is 6.33 Å². The summed E-state index contributed by atoms with van der Waals surface area (Å²) >= 11 is 0. The number of anilines is 2. The number of aryl methyl sites for hydroxylation is 1. The molecule has 0 saturated heterocycles. The van der Waals surface area contributed by atoms with Gasteiger partial charge in [0.2, 0.25) is 5.89 Å². The van der Waals surface area contributed by atoms with Crippen molar-refractivity contribution in [3.8, 4) is 0 Å². The first-order valence-electron chi connectivity index (χ1n) is 5.03. The number of aromatic amines is 1. The smallest absolute Gasteiger partial charge is 0.276 e.